The van der Waals surface area contributed by atoms with Gasteiger partial charge >= 0.3 is 12.2 Å². The molecule has 1 aliphatic carbocycles. The summed E-state index contributed by atoms with van der Waals surface area (Å²) in [4.78, 5) is 52.8. The summed E-state index contributed by atoms with van der Waals surface area (Å²) < 4.78 is 29.7. The summed E-state index contributed by atoms with van der Waals surface area (Å²) in [5.74, 6) is -0.747. The number of alkyl carbamates (subject to hydrolysis) is 1. The number of ether oxygens (including phenoxy) is 5. The number of nitrogens with one attached hydrogen (secondary N) is 3. The Morgan fingerprint density at radius 3 is 2.58 bits per heavy atom. The van der Waals surface area contributed by atoms with Crippen molar-refractivity contribution >= 4 is 24.0 Å². The first-order valence-corrected chi connectivity index (χ1v) is 15.9. The van der Waals surface area contributed by atoms with Gasteiger partial charge in [-0.05, 0) is 67.0 Å². The molecular weight excluding hydrogens is 586 g/mol. The van der Waals surface area contributed by atoms with Crippen molar-refractivity contribution in [3.05, 3.63) is 11.6 Å². The lowest BCUT2D eigenvalue weighted by Crippen LogP contribution is -2.56. The SMILES string of the molecule is CNCC(=O)NCCN(C)CC(=O)NC(=O)OC[C@@H]1CCCN1C(=O)OC1CC[C@]2(CO2)C([C@]2(C)O[C@@H]2CC=C(C)C)C1OC. The predicted molar refractivity (Wildman–Crippen MR) is 163 cm³/mol. The van der Waals surface area contributed by atoms with Crippen molar-refractivity contribution in [2.75, 3.05) is 67.1 Å². The molecule has 4 aliphatic rings. The van der Waals surface area contributed by atoms with E-state index in [0.717, 1.165) is 19.3 Å². The van der Waals surface area contributed by atoms with E-state index in [1.807, 2.05) is 0 Å². The molecule has 14 nitrogen and oxygen atoms in total. The summed E-state index contributed by atoms with van der Waals surface area (Å²) >= 11 is 0. The molecule has 4 fully saturated rings. The van der Waals surface area contributed by atoms with Crippen molar-refractivity contribution in [2.45, 2.75) is 88.4 Å². The monoisotopic (exact) mass is 637 g/mol. The van der Waals surface area contributed by atoms with Crippen LogP contribution in [0.4, 0.5) is 9.59 Å². The first kappa shape index (κ1) is 35.1. The summed E-state index contributed by atoms with van der Waals surface area (Å²) in [6.07, 6.45) is 3.62. The molecule has 3 unspecified atom stereocenters. The largest absolute Gasteiger partial charge is 0.447 e. The highest BCUT2D eigenvalue weighted by atomic mass is 16.6. The van der Waals surface area contributed by atoms with Crippen LogP contribution in [0.1, 0.15) is 52.9 Å². The number of rotatable bonds is 14. The number of likely N-dealkylation sites (tertiary alicyclic amines) is 1. The molecule has 1 spiro atoms. The molecule has 0 aromatic carbocycles. The van der Waals surface area contributed by atoms with Crippen LogP contribution in [0, 0.1) is 5.92 Å². The van der Waals surface area contributed by atoms with Crippen LogP contribution in [0.25, 0.3) is 0 Å². The third kappa shape index (κ3) is 8.94. The molecule has 0 aromatic rings. The van der Waals surface area contributed by atoms with Crippen molar-refractivity contribution in [2.24, 2.45) is 5.92 Å². The van der Waals surface area contributed by atoms with E-state index < -0.39 is 29.8 Å². The van der Waals surface area contributed by atoms with Crippen molar-refractivity contribution in [1.82, 2.24) is 25.8 Å². The van der Waals surface area contributed by atoms with Gasteiger partial charge < -0.3 is 39.2 Å². The van der Waals surface area contributed by atoms with Gasteiger partial charge in [0, 0.05) is 26.7 Å². The molecule has 7 atom stereocenters. The van der Waals surface area contributed by atoms with Gasteiger partial charge in [-0.25, -0.2) is 9.59 Å². The highest BCUT2D eigenvalue weighted by Crippen LogP contribution is 2.59. The van der Waals surface area contributed by atoms with Gasteiger partial charge in [-0.3, -0.25) is 19.8 Å². The van der Waals surface area contributed by atoms with E-state index in [1.54, 1.807) is 31.0 Å². The van der Waals surface area contributed by atoms with Gasteiger partial charge in [0.1, 0.15) is 30.0 Å². The molecule has 3 saturated heterocycles. The number of amides is 4. The van der Waals surface area contributed by atoms with E-state index >= 15 is 0 Å². The number of methoxy groups -OCH3 is 1. The lowest BCUT2D eigenvalue weighted by atomic mass is 9.68. The number of hydrogen-bond acceptors (Lipinski definition) is 11. The molecule has 0 aromatic heterocycles. The standard InChI is InChI=1S/C31H51N5O9/c1-20(2)9-10-23-30(3,45-23)27-26(41-6)22(11-12-31(27)19-43-31)44-29(40)36-14-7-8-21(36)18-42-28(39)34-25(38)17-35(5)15-13-33-24(37)16-32-4/h9,21-23,26-27,32H,7-8,10-19H2,1-6H3,(H,33,37)(H,34,38,39)/t21-,22?,23+,26?,27?,30+,31-/m0/s1. The van der Waals surface area contributed by atoms with Crippen molar-refractivity contribution in [3.8, 4) is 0 Å². The quantitative estimate of drug-likeness (QED) is 0.185. The van der Waals surface area contributed by atoms with Crippen LogP contribution in [-0.4, -0.2) is 136 Å². The van der Waals surface area contributed by atoms with E-state index in [9.17, 15) is 19.2 Å². The number of hydrogen-bond donors (Lipinski definition) is 3. The van der Waals surface area contributed by atoms with E-state index in [1.165, 1.54) is 5.57 Å². The zero-order valence-electron chi connectivity index (χ0n) is 27.5. The molecule has 4 amide bonds. The lowest BCUT2D eigenvalue weighted by molar-refractivity contribution is -0.122. The van der Waals surface area contributed by atoms with Gasteiger partial charge in [0.2, 0.25) is 11.8 Å². The number of likely N-dealkylation sites (N-methyl/N-ethyl adjacent to an activating group) is 2. The summed E-state index contributed by atoms with van der Waals surface area (Å²) in [6, 6.07) is -0.363. The summed E-state index contributed by atoms with van der Waals surface area (Å²) in [6.45, 7) is 8.28. The van der Waals surface area contributed by atoms with Crippen LogP contribution in [0.5, 0.6) is 0 Å². The van der Waals surface area contributed by atoms with Crippen LogP contribution >= 0.6 is 0 Å². The first-order chi connectivity index (χ1) is 21.4. The molecule has 45 heavy (non-hydrogen) atoms. The van der Waals surface area contributed by atoms with Crippen molar-refractivity contribution in [1.29, 1.82) is 0 Å². The molecule has 0 bridgehead atoms. The fraction of sp³-hybridized carbons (Fsp3) is 0.806. The molecular formula is C31H51N5O9. The molecule has 14 heteroatoms. The Balaban J connectivity index is 1.24. The topological polar surface area (TPSA) is 164 Å². The highest BCUT2D eigenvalue weighted by Gasteiger charge is 2.72. The van der Waals surface area contributed by atoms with Crippen LogP contribution in [0.2, 0.25) is 0 Å². The lowest BCUT2D eigenvalue weighted by Gasteiger charge is -2.43. The Morgan fingerprint density at radius 1 is 1.16 bits per heavy atom. The van der Waals surface area contributed by atoms with Gasteiger partial charge in [-0.2, -0.15) is 0 Å². The van der Waals surface area contributed by atoms with E-state index in [-0.39, 0.29) is 55.4 Å². The highest BCUT2D eigenvalue weighted by molar-refractivity contribution is 5.92. The molecule has 254 valence electrons. The average Bonchev–Trinajstić information content (AvgIpc) is 3.83. The molecule has 4 rings (SSSR count). The minimum atomic E-state index is -0.874. The molecule has 3 aliphatic heterocycles. The maximum absolute atomic E-state index is 13.4. The number of imide groups is 1. The maximum Gasteiger partial charge on any atom is 0.413 e. The molecule has 3 N–H and O–H groups in total. The normalized spacial score (nSPS) is 31.8. The Labute approximate surface area is 265 Å². The smallest absolute Gasteiger partial charge is 0.413 e. The van der Waals surface area contributed by atoms with Crippen molar-refractivity contribution in [3.63, 3.8) is 0 Å². The van der Waals surface area contributed by atoms with Crippen LogP contribution in [0.3, 0.4) is 0 Å². The number of allylic oxidation sites excluding steroid dienone is 1. The third-order valence-corrected chi connectivity index (χ3v) is 9.32. The zero-order chi connectivity index (χ0) is 32.8. The van der Waals surface area contributed by atoms with Crippen molar-refractivity contribution < 1.29 is 42.9 Å². The summed E-state index contributed by atoms with van der Waals surface area (Å²) in [5.41, 5.74) is 0.494. The van der Waals surface area contributed by atoms with Gasteiger partial charge in [0.05, 0.1) is 37.8 Å². The number of carbonyl (C=O) groups is 4. The minimum Gasteiger partial charge on any atom is -0.447 e. The Bertz CT molecular complexity index is 1110. The fourth-order valence-corrected chi connectivity index (χ4v) is 6.81. The second kappa shape index (κ2) is 15.2. The van der Waals surface area contributed by atoms with Gasteiger partial charge in [-0.1, -0.05) is 11.6 Å². The predicted octanol–water partition coefficient (Wildman–Crippen LogP) is 1.18. The van der Waals surface area contributed by atoms with Gasteiger partial charge in [0.25, 0.3) is 0 Å². The van der Waals surface area contributed by atoms with Crippen LogP contribution < -0.4 is 16.0 Å². The first-order valence-electron chi connectivity index (χ1n) is 15.9. The van der Waals surface area contributed by atoms with Gasteiger partial charge in [-0.15, -0.1) is 0 Å². The minimum absolute atomic E-state index is 0.0476. The Morgan fingerprint density at radius 2 is 1.91 bits per heavy atom. The molecule has 0 radical (unpaired) electrons. The number of nitrogens with zero attached hydrogens (tertiary/aromatic N) is 2. The Hall–Kier alpha value is -2.78. The number of epoxide rings is 2. The second-order valence-electron chi connectivity index (χ2n) is 13.1. The van der Waals surface area contributed by atoms with Gasteiger partial charge in [0.15, 0.2) is 0 Å². The van der Waals surface area contributed by atoms with E-state index in [4.69, 9.17) is 23.7 Å². The summed E-state index contributed by atoms with van der Waals surface area (Å²) in [7, 11) is 5.03. The Kier molecular flexibility index (Phi) is 11.9. The maximum atomic E-state index is 13.4. The van der Waals surface area contributed by atoms with Crippen LogP contribution in [0.15, 0.2) is 11.6 Å². The van der Waals surface area contributed by atoms with E-state index in [0.29, 0.717) is 39.1 Å². The van der Waals surface area contributed by atoms with E-state index in [2.05, 4.69) is 42.8 Å². The summed E-state index contributed by atoms with van der Waals surface area (Å²) in [5, 5.41) is 7.70. The number of carbonyl (C=O) groups excluding carboxylic acids is 4. The molecule has 1 saturated carbocycles. The zero-order valence-corrected chi connectivity index (χ0v) is 27.5. The average molecular weight is 638 g/mol. The molecule has 3 heterocycles. The second-order valence-corrected chi connectivity index (χ2v) is 13.1. The fourth-order valence-electron chi connectivity index (χ4n) is 6.81. The van der Waals surface area contributed by atoms with Crippen LogP contribution in [-0.2, 0) is 33.3 Å². The third-order valence-electron chi connectivity index (χ3n) is 9.32.